The fourth-order valence-corrected chi connectivity index (χ4v) is 1.75. The predicted octanol–water partition coefficient (Wildman–Crippen LogP) is 2.23. The van der Waals surface area contributed by atoms with E-state index in [0.717, 1.165) is 11.8 Å². The van der Waals surface area contributed by atoms with Crippen molar-refractivity contribution in [2.75, 3.05) is 0 Å². The second kappa shape index (κ2) is 3.63. The van der Waals surface area contributed by atoms with Crippen LogP contribution in [0.5, 0.6) is 5.75 Å². The number of phenols is 1. The van der Waals surface area contributed by atoms with Gasteiger partial charge in [0, 0.05) is 10.9 Å². The number of nitrogens with zero attached hydrogens (tertiary/aromatic N) is 1. The van der Waals surface area contributed by atoms with E-state index < -0.39 is 5.97 Å². The zero-order valence-electron chi connectivity index (χ0n) is 9.04. The molecule has 3 N–H and O–H groups in total. The molecule has 6 nitrogen and oxygen atoms in total. The quantitative estimate of drug-likeness (QED) is 0.641. The van der Waals surface area contributed by atoms with Gasteiger partial charge >= 0.3 is 5.97 Å². The van der Waals surface area contributed by atoms with Crippen LogP contribution >= 0.6 is 0 Å². The van der Waals surface area contributed by atoms with Crippen LogP contribution in [0, 0.1) is 0 Å². The first-order valence-electron chi connectivity index (χ1n) is 5.15. The summed E-state index contributed by atoms with van der Waals surface area (Å²) < 4.78 is 5.08. The van der Waals surface area contributed by atoms with E-state index in [1.54, 1.807) is 24.3 Å². The molecule has 0 fully saturated rings. The van der Waals surface area contributed by atoms with Crippen LogP contribution in [0.1, 0.15) is 10.5 Å². The number of nitrogens with one attached hydrogen (secondary N) is 1. The summed E-state index contributed by atoms with van der Waals surface area (Å²) in [6, 6.07) is 6.72. The Morgan fingerprint density at radius 1 is 1.39 bits per heavy atom. The maximum absolute atomic E-state index is 10.7. The summed E-state index contributed by atoms with van der Waals surface area (Å²) in [4.78, 5) is 17.5. The zero-order valence-corrected chi connectivity index (χ0v) is 9.04. The third-order valence-electron chi connectivity index (χ3n) is 2.59. The molecule has 0 saturated carbocycles. The molecule has 0 spiro atoms. The van der Waals surface area contributed by atoms with E-state index in [9.17, 15) is 9.90 Å². The van der Waals surface area contributed by atoms with E-state index >= 15 is 0 Å². The molecule has 0 amide bonds. The number of phenolic OH excluding ortho intramolecular Hbond substituents is 1. The minimum atomic E-state index is -1.15. The van der Waals surface area contributed by atoms with Gasteiger partial charge in [0.2, 0.25) is 5.89 Å². The molecule has 18 heavy (non-hydrogen) atoms. The molecule has 0 saturated heterocycles. The van der Waals surface area contributed by atoms with Crippen molar-refractivity contribution in [2.45, 2.75) is 0 Å². The van der Waals surface area contributed by atoms with Gasteiger partial charge in [-0.3, -0.25) is 0 Å². The van der Waals surface area contributed by atoms with Crippen molar-refractivity contribution in [1.82, 2.24) is 9.97 Å². The molecule has 0 aliphatic carbocycles. The lowest BCUT2D eigenvalue weighted by molar-refractivity contribution is 0.0690. The third-order valence-corrected chi connectivity index (χ3v) is 2.59. The van der Waals surface area contributed by atoms with Gasteiger partial charge in [-0.25, -0.2) is 9.78 Å². The average molecular weight is 244 g/mol. The number of benzene rings is 1. The highest BCUT2D eigenvalue weighted by molar-refractivity contribution is 5.90. The van der Waals surface area contributed by atoms with E-state index in [-0.39, 0.29) is 17.3 Å². The summed E-state index contributed by atoms with van der Waals surface area (Å²) in [6.45, 7) is 0. The molecule has 0 aliphatic heterocycles. The summed E-state index contributed by atoms with van der Waals surface area (Å²) in [5.41, 5.74) is 1.08. The first-order chi connectivity index (χ1) is 8.65. The molecule has 3 rings (SSSR count). The molecule has 0 aliphatic rings. The van der Waals surface area contributed by atoms with E-state index in [1.807, 2.05) is 0 Å². The molecule has 1 aromatic carbocycles. The fraction of sp³-hybridized carbons (Fsp3) is 0. The van der Waals surface area contributed by atoms with Crippen molar-refractivity contribution < 1.29 is 19.4 Å². The number of rotatable bonds is 2. The predicted molar refractivity (Wildman–Crippen MR) is 62.4 cm³/mol. The number of aromatic amines is 1. The monoisotopic (exact) mass is 244 g/mol. The molecule has 0 atom stereocenters. The Morgan fingerprint density at radius 2 is 2.22 bits per heavy atom. The van der Waals surface area contributed by atoms with Crippen LogP contribution in [0.25, 0.3) is 22.5 Å². The molecule has 0 bridgehead atoms. The smallest absolute Gasteiger partial charge is 0.357 e. The number of oxazole rings is 1. The van der Waals surface area contributed by atoms with Gasteiger partial charge in [-0.15, -0.1) is 0 Å². The fourth-order valence-electron chi connectivity index (χ4n) is 1.75. The van der Waals surface area contributed by atoms with Crippen LogP contribution in [0.15, 0.2) is 34.9 Å². The topological polar surface area (TPSA) is 99.4 Å². The normalized spacial score (nSPS) is 10.9. The maximum atomic E-state index is 10.7. The lowest BCUT2D eigenvalue weighted by Crippen LogP contribution is -1.95. The van der Waals surface area contributed by atoms with Crippen LogP contribution in [0.3, 0.4) is 0 Å². The summed E-state index contributed by atoms with van der Waals surface area (Å²) in [5.74, 6) is -0.841. The first kappa shape index (κ1) is 10.4. The Morgan fingerprint density at radius 3 is 2.89 bits per heavy atom. The number of carbonyl (C=O) groups is 1. The van der Waals surface area contributed by atoms with Gasteiger partial charge in [-0.05, 0) is 18.2 Å². The molecule has 2 aromatic heterocycles. The Kier molecular flexibility index (Phi) is 2.09. The van der Waals surface area contributed by atoms with Crippen molar-refractivity contribution in [1.29, 1.82) is 0 Å². The van der Waals surface area contributed by atoms with Gasteiger partial charge in [0.25, 0.3) is 0 Å². The van der Waals surface area contributed by atoms with Crippen LogP contribution in [-0.4, -0.2) is 26.2 Å². The van der Waals surface area contributed by atoms with Crippen molar-refractivity contribution in [3.63, 3.8) is 0 Å². The van der Waals surface area contributed by atoms with Gasteiger partial charge in [-0.2, -0.15) is 0 Å². The average Bonchev–Trinajstić information content (AvgIpc) is 2.95. The number of carboxylic acids is 1. The molecular formula is C12H8N2O4. The molecule has 3 aromatic rings. The second-order valence-corrected chi connectivity index (χ2v) is 3.76. The Labute approximate surface area is 101 Å². The summed E-state index contributed by atoms with van der Waals surface area (Å²) in [5, 5.41) is 19.0. The minimum absolute atomic E-state index is 0.139. The number of fused-ring (bicyclic) bond motifs is 1. The highest BCUT2D eigenvalue weighted by Gasteiger charge is 2.14. The van der Waals surface area contributed by atoms with Gasteiger partial charge in [-0.1, -0.05) is 6.07 Å². The van der Waals surface area contributed by atoms with Gasteiger partial charge < -0.3 is 19.6 Å². The largest absolute Gasteiger partial charge is 0.507 e. The van der Waals surface area contributed by atoms with Gasteiger partial charge in [0.15, 0.2) is 5.69 Å². The summed E-state index contributed by atoms with van der Waals surface area (Å²) in [6.07, 6.45) is 1.07. The lowest BCUT2D eigenvalue weighted by atomic mass is 10.2. The van der Waals surface area contributed by atoms with Crippen LogP contribution in [0.2, 0.25) is 0 Å². The first-order valence-corrected chi connectivity index (χ1v) is 5.15. The molecule has 90 valence electrons. The summed E-state index contributed by atoms with van der Waals surface area (Å²) >= 11 is 0. The molecule has 0 unspecified atom stereocenters. The molecule has 2 heterocycles. The van der Waals surface area contributed by atoms with Crippen molar-refractivity contribution in [3.8, 4) is 17.3 Å². The Bertz CT molecular complexity index is 741. The number of hydrogen-bond acceptors (Lipinski definition) is 4. The van der Waals surface area contributed by atoms with Crippen LogP contribution in [-0.2, 0) is 0 Å². The number of hydrogen-bond donors (Lipinski definition) is 3. The van der Waals surface area contributed by atoms with Gasteiger partial charge in [0.1, 0.15) is 17.7 Å². The number of H-pyrrole nitrogens is 1. The number of carboxylic acid groups (broad SMARTS) is 1. The van der Waals surface area contributed by atoms with Crippen molar-refractivity contribution >= 4 is 16.9 Å². The highest BCUT2D eigenvalue weighted by Crippen LogP contribution is 2.29. The van der Waals surface area contributed by atoms with E-state index in [0.29, 0.717) is 11.1 Å². The Balaban J connectivity index is 2.13. The third kappa shape index (κ3) is 1.51. The Hall–Kier alpha value is -2.76. The summed E-state index contributed by atoms with van der Waals surface area (Å²) in [7, 11) is 0. The molecule has 6 heteroatoms. The standard InChI is InChI=1S/C12H8N2O4/c15-10-3-1-2-7-6(10)4-8(13-7)11-14-9(5-18-11)12(16)17/h1-5,13,15H,(H,16,17). The van der Waals surface area contributed by atoms with Crippen molar-refractivity contribution in [2.24, 2.45) is 0 Å². The number of aromatic carboxylic acids is 1. The van der Waals surface area contributed by atoms with Gasteiger partial charge in [0.05, 0.1) is 0 Å². The minimum Gasteiger partial charge on any atom is -0.507 e. The van der Waals surface area contributed by atoms with E-state index in [4.69, 9.17) is 9.52 Å². The van der Waals surface area contributed by atoms with E-state index in [2.05, 4.69) is 9.97 Å². The van der Waals surface area contributed by atoms with Crippen LogP contribution in [0.4, 0.5) is 0 Å². The van der Waals surface area contributed by atoms with Crippen molar-refractivity contribution in [3.05, 3.63) is 36.2 Å². The van der Waals surface area contributed by atoms with E-state index in [1.165, 1.54) is 0 Å². The number of aromatic nitrogens is 2. The second-order valence-electron chi connectivity index (χ2n) is 3.76. The molecular weight excluding hydrogens is 236 g/mol. The lowest BCUT2D eigenvalue weighted by Gasteiger charge is -1.91. The SMILES string of the molecule is O=C(O)c1coc(-c2cc3c(O)cccc3[nH]2)n1. The zero-order chi connectivity index (χ0) is 12.7. The molecule has 0 radical (unpaired) electrons. The highest BCUT2D eigenvalue weighted by atomic mass is 16.4. The van der Waals surface area contributed by atoms with Crippen LogP contribution < -0.4 is 0 Å². The number of aromatic hydroxyl groups is 1. The maximum Gasteiger partial charge on any atom is 0.357 e.